The molecule has 0 heterocycles. The van der Waals surface area contributed by atoms with Crippen molar-refractivity contribution < 1.29 is 0 Å². The van der Waals surface area contributed by atoms with Crippen LogP contribution in [0.1, 0.15) is 46.0 Å². The third-order valence-corrected chi connectivity index (χ3v) is 4.30. The van der Waals surface area contributed by atoms with Crippen LogP contribution < -0.4 is 10.6 Å². The van der Waals surface area contributed by atoms with Gasteiger partial charge in [0.25, 0.3) is 0 Å². The lowest BCUT2D eigenvalue weighted by Gasteiger charge is -2.43. The Bertz CT molecular complexity index is 275. The van der Waals surface area contributed by atoms with Crippen LogP contribution in [0.4, 0.5) is 0 Å². The lowest BCUT2D eigenvalue weighted by atomic mass is 9.65. The van der Waals surface area contributed by atoms with Crippen LogP contribution in [0.2, 0.25) is 0 Å². The fourth-order valence-corrected chi connectivity index (χ4v) is 2.84. The summed E-state index contributed by atoms with van der Waals surface area (Å²) in [5.74, 6) is 2.65. The maximum absolute atomic E-state index is 4.30. The molecule has 0 spiro atoms. The average molecular weight is 237 g/mol. The molecule has 0 unspecified atom stereocenters. The molecule has 0 aromatic rings. The third kappa shape index (κ3) is 3.14. The SMILES string of the molecule is CN=C(NCC(C)C)NCC1(C2CC2)CCC1. The molecule has 3 heteroatoms. The first-order chi connectivity index (χ1) is 8.16. The van der Waals surface area contributed by atoms with E-state index >= 15 is 0 Å². The van der Waals surface area contributed by atoms with Crippen LogP contribution in [0.25, 0.3) is 0 Å². The first-order valence-electron chi connectivity index (χ1n) is 7.11. The highest BCUT2D eigenvalue weighted by atomic mass is 15.2. The zero-order chi connectivity index (χ0) is 12.3. The Kier molecular flexibility index (Phi) is 3.95. The predicted octanol–water partition coefficient (Wildman–Crippen LogP) is 2.39. The Morgan fingerprint density at radius 2 is 2.00 bits per heavy atom. The summed E-state index contributed by atoms with van der Waals surface area (Å²) in [6, 6.07) is 0. The predicted molar refractivity (Wildman–Crippen MR) is 73.2 cm³/mol. The Morgan fingerprint density at radius 1 is 1.29 bits per heavy atom. The average Bonchev–Trinajstić information content (AvgIpc) is 3.04. The highest BCUT2D eigenvalue weighted by Gasteiger charge is 2.48. The highest BCUT2D eigenvalue weighted by molar-refractivity contribution is 5.79. The zero-order valence-corrected chi connectivity index (χ0v) is 11.6. The van der Waals surface area contributed by atoms with Gasteiger partial charge in [0.2, 0.25) is 0 Å². The topological polar surface area (TPSA) is 36.4 Å². The van der Waals surface area contributed by atoms with Crippen LogP contribution in [-0.2, 0) is 0 Å². The summed E-state index contributed by atoms with van der Waals surface area (Å²) in [7, 11) is 1.86. The fourth-order valence-electron chi connectivity index (χ4n) is 2.84. The molecule has 0 aromatic carbocycles. The number of hydrogen-bond donors (Lipinski definition) is 2. The van der Waals surface area contributed by atoms with E-state index < -0.39 is 0 Å². The Balaban J connectivity index is 1.75. The van der Waals surface area contributed by atoms with Crippen LogP contribution in [0.15, 0.2) is 4.99 Å². The van der Waals surface area contributed by atoms with E-state index in [0.717, 1.165) is 25.0 Å². The minimum absolute atomic E-state index is 0.620. The van der Waals surface area contributed by atoms with Crippen molar-refractivity contribution in [2.24, 2.45) is 22.2 Å². The van der Waals surface area contributed by atoms with E-state index in [4.69, 9.17) is 0 Å². The lowest BCUT2D eigenvalue weighted by Crippen LogP contribution is -2.48. The maximum atomic E-state index is 4.30. The normalized spacial score (nSPS) is 23.4. The van der Waals surface area contributed by atoms with E-state index in [1.165, 1.54) is 32.1 Å². The molecule has 2 saturated carbocycles. The number of nitrogens with zero attached hydrogens (tertiary/aromatic N) is 1. The summed E-state index contributed by atoms with van der Waals surface area (Å²) in [5, 5.41) is 6.92. The van der Waals surface area contributed by atoms with Crippen LogP contribution in [0, 0.1) is 17.3 Å². The largest absolute Gasteiger partial charge is 0.356 e. The van der Waals surface area contributed by atoms with Gasteiger partial charge >= 0.3 is 0 Å². The molecule has 17 heavy (non-hydrogen) atoms. The summed E-state index contributed by atoms with van der Waals surface area (Å²) in [6.07, 6.45) is 7.19. The van der Waals surface area contributed by atoms with E-state index in [1.54, 1.807) is 0 Å². The second kappa shape index (κ2) is 5.28. The van der Waals surface area contributed by atoms with E-state index in [9.17, 15) is 0 Å². The highest BCUT2D eigenvalue weighted by Crippen LogP contribution is 2.56. The monoisotopic (exact) mass is 237 g/mol. The number of nitrogens with one attached hydrogen (secondary N) is 2. The molecule has 0 aliphatic heterocycles. The second-order valence-electron chi connectivity index (χ2n) is 6.19. The van der Waals surface area contributed by atoms with Crippen molar-refractivity contribution in [3.63, 3.8) is 0 Å². The molecule has 0 saturated heterocycles. The van der Waals surface area contributed by atoms with Crippen LogP contribution in [0.3, 0.4) is 0 Å². The van der Waals surface area contributed by atoms with Gasteiger partial charge in [-0.05, 0) is 42.9 Å². The maximum Gasteiger partial charge on any atom is 0.191 e. The van der Waals surface area contributed by atoms with Crippen molar-refractivity contribution in [2.45, 2.75) is 46.0 Å². The van der Waals surface area contributed by atoms with Gasteiger partial charge in [0, 0.05) is 20.1 Å². The first-order valence-corrected chi connectivity index (χ1v) is 7.11. The zero-order valence-electron chi connectivity index (χ0n) is 11.6. The molecule has 2 rings (SSSR count). The standard InChI is InChI=1S/C14H27N3/c1-11(2)9-16-13(15-3)17-10-14(7-4-8-14)12-5-6-12/h11-12H,4-10H2,1-3H3,(H2,15,16,17). The van der Waals surface area contributed by atoms with Crippen molar-refractivity contribution in [1.29, 1.82) is 0 Å². The molecule has 2 fully saturated rings. The van der Waals surface area contributed by atoms with Crippen LogP contribution in [-0.4, -0.2) is 26.1 Å². The summed E-state index contributed by atoms with van der Waals surface area (Å²) in [5.41, 5.74) is 0.620. The fraction of sp³-hybridized carbons (Fsp3) is 0.929. The molecule has 3 nitrogen and oxygen atoms in total. The molecule has 0 aromatic heterocycles. The Labute approximate surface area is 105 Å². The molecule has 0 amide bonds. The molecule has 0 radical (unpaired) electrons. The van der Waals surface area contributed by atoms with E-state index in [-0.39, 0.29) is 0 Å². The minimum atomic E-state index is 0.620. The van der Waals surface area contributed by atoms with Crippen molar-refractivity contribution in [3.05, 3.63) is 0 Å². The summed E-state index contributed by atoms with van der Waals surface area (Å²) < 4.78 is 0. The van der Waals surface area contributed by atoms with Gasteiger partial charge in [-0.3, -0.25) is 4.99 Å². The van der Waals surface area contributed by atoms with E-state index in [1.807, 2.05) is 7.05 Å². The summed E-state index contributed by atoms with van der Waals surface area (Å²) >= 11 is 0. The molecule has 2 N–H and O–H groups in total. The van der Waals surface area contributed by atoms with Gasteiger partial charge in [0.1, 0.15) is 0 Å². The summed E-state index contributed by atoms with van der Waals surface area (Å²) in [4.78, 5) is 4.30. The third-order valence-electron chi connectivity index (χ3n) is 4.30. The second-order valence-corrected chi connectivity index (χ2v) is 6.19. The Hall–Kier alpha value is -0.730. The molecule has 2 aliphatic carbocycles. The van der Waals surface area contributed by atoms with Gasteiger partial charge in [0.15, 0.2) is 5.96 Å². The van der Waals surface area contributed by atoms with Crippen LogP contribution in [0.5, 0.6) is 0 Å². The molecule has 0 atom stereocenters. The lowest BCUT2D eigenvalue weighted by molar-refractivity contribution is 0.106. The quantitative estimate of drug-likeness (QED) is 0.569. The van der Waals surface area contributed by atoms with E-state index in [2.05, 4.69) is 29.5 Å². The Morgan fingerprint density at radius 3 is 2.41 bits per heavy atom. The van der Waals surface area contributed by atoms with Crippen molar-refractivity contribution in [3.8, 4) is 0 Å². The van der Waals surface area contributed by atoms with Crippen molar-refractivity contribution in [1.82, 2.24) is 10.6 Å². The number of hydrogen-bond acceptors (Lipinski definition) is 1. The smallest absolute Gasteiger partial charge is 0.191 e. The van der Waals surface area contributed by atoms with Gasteiger partial charge in [0.05, 0.1) is 0 Å². The summed E-state index contributed by atoms with van der Waals surface area (Å²) in [6.45, 7) is 6.56. The van der Waals surface area contributed by atoms with Gasteiger partial charge in [-0.2, -0.15) is 0 Å². The van der Waals surface area contributed by atoms with Crippen molar-refractivity contribution >= 4 is 5.96 Å². The molecular weight excluding hydrogens is 210 g/mol. The molecule has 98 valence electrons. The number of aliphatic imine (C=N–C) groups is 1. The van der Waals surface area contributed by atoms with Gasteiger partial charge in [-0.1, -0.05) is 20.3 Å². The number of guanidine groups is 1. The molecule has 2 aliphatic rings. The molecular formula is C14H27N3. The number of rotatable bonds is 5. The van der Waals surface area contributed by atoms with Crippen LogP contribution >= 0.6 is 0 Å². The van der Waals surface area contributed by atoms with Crippen molar-refractivity contribution in [2.75, 3.05) is 20.1 Å². The van der Waals surface area contributed by atoms with E-state index in [0.29, 0.717) is 11.3 Å². The first kappa shape index (κ1) is 12.7. The van der Waals surface area contributed by atoms with Gasteiger partial charge in [-0.15, -0.1) is 0 Å². The van der Waals surface area contributed by atoms with Gasteiger partial charge in [-0.25, -0.2) is 0 Å². The molecule has 0 bridgehead atoms. The van der Waals surface area contributed by atoms with Gasteiger partial charge < -0.3 is 10.6 Å². The minimum Gasteiger partial charge on any atom is -0.356 e.